The Morgan fingerprint density at radius 1 is 1.04 bits per heavy atom. The zero-order valence-electron chi connectivity index (χ0n) is 14.6. The number of nitrogens with one attached hydrogen (secondary N) is 1. The molecule has 0 saturated heterocycles. The van der Waals surface area contributed by atoms with E-state index in [0.29, 0.717) is 17.8 Å². The predicted molar refractivity (Wildman–Crippen MR) is 101 cm³/mol. The molecule has 3 aromatic rings. The molecule has 3 rings (SSSR count). The van der Waals surface area contributed by atoms with Crippen LogP contribution in [0.25, 0.3) is 11.0 Å². The molecule has 1 N–H and O–H groups in total. The van der Waals surface area contributed by atoms with Gasteiger partial charge in [0.1, 0.15) is 6.07 Å². The Hall–Kier alpha value is -3.33. The van der Waals surface area contributed by atoms with Crippen molar-refractivity contribution in [2.75, 3.05) is 5.32 Å². The van der Waals surface area contributed by atoms with Crippen molar-refractivity contribution in [3.8, 4) is 6.07 Å². The van der Waals surface area contributed by atoms with Crippen LogP contribution in [0.1, 0.15) is 25.3 Å². The Kier molecular flexibility index (Phi) is 5.18. The minimum atomic E-state index is -0.230. The molecule has 0 aliphatic rings. The molecule has 0 radical (unpaired) electrons. The minimum Gasteiger partial charge on any atom is -0.325 e. The van der Waals surface area contributed by atoms with E-state index < -0.39 is 0 Å². The summed E-state index contributed by atoms with van der Waals surface area (Å²) in [6.07, 6.45) is 1.01. The first-order valence-electron chi connectivity index (χ1n) is 8.62. The number of carbonyl (C=O) groups is 1. The maximum absolute atomic E-state index is 12.7. The molecule has 26 heavy (non-hydrogen) atoms. The smallest absolute Gasteiger partial charge is 0.325 e. The highest BCUT2D eigenvalue weighted by molar-refractivity contribution is 5.92. The number of para-hydroxylation sites is 3. The number of aryl methyl sites for hydroxylation is 2. The lowest BCUT2D eigenvalue weighted by molar-refractivity contribution is -0.116. The highest BCUT2D eigenvalue weighted by Crippen LogP contribution is 2.15. The van der Waals surface area contributed by atoms with E-state index in [4.69, 9.17) is 5.26 Å². The first kappa shape index (κ1) is 17.5. The number of benzene rings is 2. The van der Waals surface area contributed by atoms with Gasteiger partial charge in [0, 0.05) is 19.5 Å². The third kappa shape index (κ3) is 3.38. The fraction of sp³-hybridized carbons (Fsp3) is 0.250. The maximum Gasteiger partial charge on any atom is 0.329 e. The molecule has 132 valence electrons. The molecule has 1 amide bonds. The summed E-state index contributed by atoms with van der Waals surface area (Å²) >= 11 is 0. The maximum atomic E-state index is 12.7. The topological polar surface area (TPSA) is 79.8 Å². The van der Waals surface area contributed by atoms with E-state index in [9.17, 15) is 9.59 Å². The van der Waals surface area contributed by atoms with Crippen LogP contribution in [0.2, 0.25) is 0 Å². The van der Waals surface area contributed by atoms with Crippen LogP contribution in [0, 0.1) is 11.3 Å². The van der Waals surface area contributed by atoms with Gasteiger partial charge in [0.05, 0.1) is 22.3 Å². The molecule has 6 heteroatoms. The van der Waals surface area contributed by atoms with Crippen molar-refractivity contribution in [3.63, 3.8) is 0 Å². The van der Waals surface area contributed by atoms with E-state index in [2.05, 4.69) is 11.4 Å². The van der Waals surface area contributed by atoms with Crippen LogP contribution in [0.15, 0.2) is 53.3 Å². The fourth-order valence-electron chi connectivity index (χ4n) is 3.04. The van der Waals surface area contributed by atoms with Gasteiger partial charge in [0.2, 0.25) is 5.91 Å². The first-order valence-corrected chi connectivity index (χ1v) is 8.62. The standard InChI is InChI=1S/C20H20N4O2/c1-2-12-23-17-9-5-6-10-18(17)24(20(23)26)13-11-19(25)22-16-8-4-3-7-15(16)14-21/h3-10H,2,11-13H2,1H3,(H,22,25). The monoisotopic (exact) mass is 348 g/mol. The molecule has 0 aliphatic carbocycles. The lowest BCUT2D eigenvalue weighted by Gasteiger charge is -2.07. The highest BCUT2D eigenvalue weighted by Gasteiger charge is 2.13. The van der Waals surface area contributed by atoms with E-state index in [-0.39, 0.29) is 24.6 Å². The lowest BCUT2D eigenvalue weighted by Crippen LogP contribution is -2.26. The molecule has 2 aromatic carbocycles. The van der Waals surface area contributed by atoms with Crippen molar-refractivity contribution in [1.82, 2.24) is 9.13 Å². The van der Waals surface area contributed by atoms with Crippen LogP contribution in [0.4, 0.5) is 5.69 Å². The summed E-state index contributed by atoms with van der Waals surface area (Å²) in [5, 5.41) is 11.8. The fourth-order valence-corrected chi connectivity index (χ4v) is 3.04. The Morgan fingerprint density at radius 2 is 1.65 bits per heavy atom. The van der Waals surface area contributed by atoms with Gasteiger partial charge in [-0.1, -0.05) is 31.2 Å². The Bertz CT molecular complexity index is 1040. The van der Waals surface area contributed by atoms with Crippen molar-refractivity contribution in [3.05, 3.63) is 64.6 Å². The van der Waals surface area contributed by atoms with Crippen molar-refractivity contribution in [2.24, 2.45) is 0 Å². The SMILES string of the molecule is CCCn1c(=O)n(CCC(=O)Nc2ccccc2C#N)c2ccccc21. The van der Waals surface area contributed by atoms with Gasteiger partial charge in [-0.2, -0.15) is 5.26 Å². The van der Waals surface area contributed by atoms with Crippen LogP contribution < -0.4 is 11.0 Å². The number of amides is 1. The lowest BCUT2D eigenvalue weighted by atomic mass is 10.2. The van der Waals surface area contributed by atoms with Crippen molar-refractivity contribution in [2.45, 2.75) is 32.9 Å². The molecule has 1 heterocycles. The number of fused-ring (bicyclic) bond motifs is 1. The molecular weight excluding hydrogens is 328 g/mol. The average molecular weight is 348 g/mol. The van der Waals surface area contributed by atoms with Crippen molar-refractivity contribution in [1.29, 1.82) is 5.26 Å². The molecule has 0 bridgehead atoms. The molecule has 0 unspecified atom stereocenters. The molecule has 1 aromatic heterocycles. The van der Waals surface area contributed by atoms with Gasteiger partial charge in [0.15, 0.2) is 0 Å². The third-order valence-corrected chi connectivity index (χ3v) is 4.26. The summed E-state index contributed by atoms with van der Waals surface area (Å²) in [4.78, 5) is 25.0. The van der Waals surface area contributed by atoms with Gasteiger partial charge in [-0.15, -0.1) is 0 Å². The van der Waals surface area contributed by atoms with Crippen LogP contribution in [0.5, 0.6) is 0 Å². The number of rotatable bonds is 6. The first-order chi connectivity index (χ1) is 12.7. The molecule has 0 aliphatic heterocycles. The van der Waals surface area contributed by atoms with Crippen LogP contribution in [-0.2, 0) is 17.9 Å². The normalized spacial score (nSPS) is 10.6. The van der Waals surface area contributed by atoms with Crippen LogP contribution in [0.3, 0.4) is 0 Å². The van der Waals surface area contributed by atoms with E-state index in [1.54, 1.807) is 33.4 Å². The number of hydrogen-bond acceptors (Lipinski definition) is 3. The predicted octanol–water partition coefficient (Wildman–Crippen LogP) is 3.11. The van der Waals surface area contributed by atoms with Crippen molar-refractivity contribution >= 4 is 22.6 Å². The largest absolute Gasteiger partial charge is 0.329 e. The van der Waals surface area contributed by atoms with Gasteiger partial charge in [0.25, 0.3) is 0 Å². The van der Waals surface area contributed by atoms with E-state index in [1.165, 1.54) is 0 Å². The van der Waals surface area contributed by atoms with Gasteiger partial charge in [-0.3, -0.25) is 13.9 Å². The summed E-state index contributed by atoms with van der Waals surface area (Å²) in [6.45, 7) is 2.96. The Morgan fingerprint density at radius 3 is 2.31 bits per heavy atom. The number of hydrogen-bond donors (Lipinski definition) is 1. The van der Waals surface area contributed by atoms with Gasteiger partial charge >= 0.3 is 5.69 Å². The number of anilines is 1. The quantitative estimate of drug-likeness (QED) is 0.743. The second-order valence-electron chi connectivity index (χ2n) is 6.03. The minimum absolute atomic E-state index is 0.0988. The zero-order chi connectivity index (χ0) is 18.5. The summed E-state index contributed by atoms with van der Waals surface area (Å²) in [6, 6.07) is 16.5. The Labute approximate surface area is 151 Å². The van der Waals surface area contributed by atoms with E-state index in [0.717, 1.165) is 17.5 Å². The zero-order valence-corrected chi connectivity index (χ0v) is 14.6. The third-order valence-electron chi connectivity index (χ3n) is 4.26. The summed E-state index contributed by atoms with van der Waals surface area (Å²) in [5.41, 5.74) is 2.52. The summed E-state index contributed by atoms with van der Waals surface area (Å²) in [7, 11) is 0. The summed E-state index contributed by atoms with van der Waals surface area (Å²) in [5.74, 6) is -0.230. The number of aromatic nitrogens is 2. The van der Waals surface area contributed by atoms with Crippen LogP contribution in [-0.4, -0.2) is 15.0 Å². The second-order valence-corrected chi connectivity index (χ2v) is 6.03. The highest BCUT2D eigenvalue weighted by atomic mass is 16.2. The molecule has 0 fully saturated rings. The Balaban J connectivity index is 1.80. The van der Waals surface area contributed by atoms with Gasteiger partial charge < -0.3 is 5.32 Å². The number of nitriles is 1. The molecular formula is C20H20N4O2. The number of nitrogens with zero attached hydrogens (tertiary/aromatic N) is 3. The van der Waals surface area contributed by atoms with Crippen molar-refractivity contribution < 1.29 is 4.79 Å². The van der Waals surface area contributed by atoms with E-state index in [1.807, 2.05) is 31.2 Å². The number of imidazole rings is 1. The van der Waals surface area contributed by atoms with E-state index >= 15 is 0 Å². The molecule has 0 saturated carbocycles. The molecule has 0 spiro atoms. The van der Waals surface area contributed by atoms with Gasteiger partial charge in [-0.25, -0.2) is 4.79 Å². The van der Waals surface area contributed by atoms with Crippen LogP contribution >= 0.6 is 0 Å². The summed E-state index contributed by atoms with van der Waals surface area (Å²) < 4.78 is 3.39. The van der Waals surface area contributed by atoms with Gasteiger partial charge in [-0.05, 0) is 30.7 Å². The second kappa shape index (κ2) is 7.70. The molecule has 0 atom stereocenters. The number of carbonyl (C=O) groups excluding carboxylic acids is 1. The average Bonchev–Trinajstić information content (AvgIpc) is 2.92. The molecule has 6 nitrogen and oxygen atoms in total.